The van der Waals surface area contributed by atoms with Crippen LogP contribution in [0.25, 0.3) is 0 Å². The molecule has 0 radical (unpaired) electrons. The summed E-state index contributed by atoms with van der Waals surface area (Å²) in [5.74, 6) is 1.87. The lowest BCUT2D eigenvalue weighted by molar-refractivity contribution is -0.0206. The van der Waals surface area contributed by atoms with E-state index in [0.717, 1.165) is 18.4 Å². The van der Waals surface area contributed by atoms with Crippen molar-refractivity contribution >= 4 is 0 Å². The molecule has 3 heteroatoms. The molecule has 110 valence electrons. The third-order valence-electron chi connectivity index (χ3n) is 6.15. The molecule has 1 saturated heterocycles. The van der Waals surface area contributed by atoms with Crippen molar-refractivity contribution in [1.82, 2.24) is 9.80 Å². The normalized spacial score (nSPS) is 41.1. The fourth-order valence-corrected chi connectivity index (χ4v) is 5.00. The Hall–Kier alpha value is -0.120. The number of nitrogens with zero attached hydrogens (tertiary/aromatic N) is 2. The molecule has 2 bridgehead atoms. The van der Waals surface area contributed by atoms with Gasteiger partial charge < -0.3 is 5.73 Å². The van der Waals surface area contributed by atoms with Crippen LogP contribution in [0, 0.1) is 11.8 Å². The minimum absolute atomic E-state index is 0.316. The van der Waals surface area contributed by atoms with Crippen molar-refractivity contribution in [2.24, 2.45) is 17.6 Å². The zero-order valence-corrected chi connectivity index (χ0v) is 13.0. The molecule has 3 unspecified atom stereocenters. The fourth-order valence-electron chi connectivity index (χ4n) is 5.00. The quantitative estimate of drug-likeness (QED) is 0.828. The summed E-state index contributed by atoms with van der Waals surface area (Å²) in [6.07, 6.45) is 5.73. The first-order valence-corrected chi connectivity index (χ1v) is 8.16. The molecule has 19 heavy (non-hydrogen) atoms. The Bertz CT molecular complexity index is 327. The molecule has 0 aromatic heterocycles. The van der Waals surface area contributed by atoms with Gasteiger partial charge >= 0.3 is 0 Å². The molecule has 3 nitrogen and oxygen atoms in total. The standard InChI is InChI=1S/C16H31N3/c1-15(2,3)18-6-8-19(9-7-18)16(12-17)11-13-4-5-14(16)10-13/h13-14H,4-12,17H2,1-3H3. The topological polar surface area (TPSA) is 32.5 Å². The van der Waals surface area contributed by atoms with Gasteiger partial charge in [-0.1, -0.05) is 6.42 Å². The number of fused-ring (bicyclic) bond motifs is 2. The molecule has 2 saturated carbocycles. The van der Waals surface area contributed by atoms with Gasteiger partial charge in [-0.25, -0.2) is 0 Å². The van der Waals surface area contributed by atoms with Crippen molar-refractivity contribution in [2.75, 3.05) is 32.7 Å². The monoisotopic (exact) mass is 265 g/mol. The third-order valence-corrected chi connectivity index (χ3v) is 6.15. The summed E-state index contributed by atoms with van der Waals surface area (Å²) in [5, 5.41) is 0. The van der Waals surface area contributed by atoms with E-state index in [1.165, 1.54) is 51.9 Å². The highest BCUT2D eigenvalue weighted by atomic mass is 15.3. The first-order chi connectivity index (χ1) is 8.95. The van der Waals surface area contributed by atoms with E-state index in [-0.39, 0.29) is 0 Å². The zero-order chi connectivity index (χ0) is 13.7. The van der Waals surface area contributed by atoms with E-state index in [1.54, 1.807) is 0 Å². The van der Waals surface area contributed by atoms with E-state index >= 15 is 0 Å². The van der Waals surface area contributed by atoms with Crippen LogP contribution in [-0.2, 0) is 0 Å². The van der Waals surface area contributed by atoms with Crippen LogP contribution >= 0.6 is 0 Å². The van der Waals surface area contributed by atoms with Crippen LogP contribution in [0.3, 0.4) is 0 Å². The summed E-state index contributed by atoms with van der Waals surface area (Å²) in [7, 11) is 0. The number of hydrogen-bond donors (Lipinski definition) is 1. The van der Waals surface area contributed by atoms with Crippen molar-refractivity contribution in [2.45, 2.75) is 57.5 Å². The van der Waals surface area contributed by atoms with Gasteiger partial charge in [0.1, 0.15) is 0 Å². The van der Waals surface area contributed by atoms with Gasteiger partial charge in [-0.3, -0.25) is 9.80 Å². The lowest BCUT2D eigenvalue weighted by atomic mass is 9.79. The van der Waals surface area contributed by atoms with Crippen LogP contribution in [-0.4, -0.2) is 53.6 Å². The molecule has 2 N–H and O–H groups in total. The molecular formula is C16H31N3. The van der Waals surface area contributed by atoms with Gasteiger partial charge in [0.05, 0.1) is 0 Å². The van der Waals surface area contributed by atoms with Gasteiger partial charge in [-0.15, -0.1) is 0 Å². The first-order valence-electron chi connectivity index (χ1n) is 8.16. The number of nitrogens with two attached hydrogens (primary N) is 1. The summed E-state index contributed by atoms with van der Waals surface area (Å²) in [6, 6.07) is 0. The van der Waals surface area contributed by atoms with Gasteiger partial charge in [0, 0.05) is 43.8 Å². The summed E-state index contributed by atoms with van der Waals surface area (Å²) >= 11 is 0. The van der Waals surface area contributed by atoms with E-state index in [0.29, 0.717) is 11.1 Å². The predicted octanol–water partition coefficient (Wildman–Crippen LogP) is 1.92. The van der Waals surface area contributed by atoms with Crippen LogP contribution in [0.1, 0.15) is 46.5 Å². The molecule has 3 aliphatic rings. The van der Waals surface area contributed by atoms with Gasteiger partial charge in [0.15, 0.2) is 0 Å². The fraction of sp³-hybridized carbons (Fsp3) is 1.00. The highest BCUT2D eigenvalue weighted by Crippen LogP contribution is 2.53. The zero-order valence-electron chi connectivity index (χ0n) is 13.0. The smallest absolute Gasteiger partial charge is 0.0363 e. The van der Waals surface area contributed by atoms with E-state index in [4.69, 9.17) is 5.73 Å². The Balaban J connectivity index is 1.67. The number of piperazine rings is 1. The van der Waals surface area contributed by atoms with Crippen LogP contribution in [0.5, 0.6) is 0 Å². The maximum absolute atomic E-state index is 6.25. The maximum Gasteiger partial charge on any atom is 0.0363 e. The average Bonchev–Trinajstić information content (AvgIpc) is 2.98. The Labute approximate surface area is 118 Å². The molecule has 0 amide bonds. The molecule has 1 aliphatic heterocycles. The molecule has 0 aromatic rings. The summed E-state index contributed by atoms with van der Waals surface area (Å²) in [6.45, 7) is 12.7. The van der Waals surface area contributed by atoms with Gasteiger partial charge in [0.2, 0.25) is 0 Å². The van der Waals surface area contributed by atoms with Crippen molar-refractivity contribution in [3.05, 3.63) is 0 Å². The first kappa shape index (κ1) is 13.8. The molecule has 1 heterocycles. The van der Waals surface area contributed by atoms with Crippen LogP contribution < -0.4 is 5.73 Å². The second kappa shape index (κ2) is 4.71. The Morgan fingerprint density at radius 3 is 2.21 bits per heavy atom. The van der Waals surface area contributed by atoms with Gasteiger partial charge in [0.25, 0.3) is 0 Å². The summed E-state index contributed by atoms with van der Waals surface area (Å²) in [4.78, 5) is 5.39. The minimum Gasteiger partial charge on any atom is -0.329 e. The molecule has 3 atom stereocenters. The SMILES string of the molecule is CC(C)(C)N1CCN(C2(CN)CC3CCC2C3)CC1. The number of hydrogen-bond acceptors (Lipinski definition) is 3. The average molecular weight is 265 g/mol. The molecule has 0 spiro atoms. The summed E-state index contributed by atoms with van der Waals surface area (Å²) < 4.78 is 0. The van der Waals surface area contributed by atoms with E-state index < -0.39 is 0 Å². The molecule has 3 rings (SSSR count). The lowest BCUT2D eigenvalue weighted by Gasteiger charge is -2.51. The van der Waals surface area contributed by atoms with Crippen molar-refractivity contribution in [1.29, 1.82) is 0 Å². The minimum atomic E-state index is 0.316. The van der Waals surface area contributed by atoms with Crippen LogP contribution in [0.15, 0.2) is 0 Å². The molecule has 3 fully saturated rings. The molecule has 2 aliphatic carbocycles. The highest BCUT2D eigenvalue weighted by Gasteiger charge is 2.53. The van der Waals surface area contributed by atoms with E-state index in [2.05, 4.69) is 30.6 Å². The van der Waals surface area contributed by atoms with Crippen molar-refractivity contribution < 1.29 is 0 Å². The Kier molecular flexibility index (Phi) is 3.43. The van der Waals surface area contributed by atoms with Crippen molar-refractivity contribution in [3.63, 3.8) is 0 Å². The van der Waals surface area contributed by atoms with Crippen LogP contribution in [0.4, 0.5) is 0 Å². The lowest BCUT2D eigenvalue weighted by Crippen LogP contribution is -2.64. The molecular weight excluding hydrogens is 234 g/mol. The number of rotatable bonds is 2. The van der Waals surface area contributed by atoms with E-state index in [1.807, 2.05) is 0 Å². The van der Waals surface area contributed by atoms with Gasteiger partial charge in [-0.2, -0.15) is 0 Å². The van der Waals surface area contributed by atoms with E-state index in [9.17, 15) is 0 Å². The Morgan fingerprint density at radius 1 is 1.11 bits per heavy atom. The third kappa shape index (κ3) is 2.24. The Morgan fingerprint density at radius 2 is 1.79 bits per heavy atom. The highest BCUT2D eigenvalue weighted by molar-refractivity contribution is 5.09. The van der Waals surface area contributed by atoms with Crippen molar-refractivity contribution in [3.8, 4) is 0 Å². The predicted molar refractivity (Wildman–Crippen MR) is 80.1 cm³/mol. The second-order valence-electron chi connectivity index (χ2n) is 8.03. The van der Waals surface area contributed by atoms with Gasteiger partial charge in [-0.05, 0) is 51.9 Å². The maximum atomic E-state index is 6.25. The second-order valence-corrected chi connectivity index (χ2v) is 8.03. The van der Waals surface area contributed by atoms with Crippen LogP contribution in [0.2, 0.25) is 0 Å². The molecule has 0 aromatic carbocycles. The summed E-state index contributed by atoms with van der Waals surface area (Å²) in [5.41, 5.74) is 6.94. The largest absolute Gasteiger partial charge is 0.329 e.